The van der Waals surface area contributed by atoms with Crippen LogP contribution in [0.15, 0.2) is 42.5 Å². The number of para-hydroxylation sites is 2. The maximum Gasteiger partial charge on any atom is 0.360 e. The number of carbonyl (C=O) groups is 1. The first-order chi connectivity index (χ1) is 13.1. The average Bonchev–Trinajstić information content (AvgIpc) is 3.13. The lowest BCUT2D eigenvalue weighted by atomic mass is 10.2. The Morgan fingerprint density at radius 1 is 1.11 bits per heavy atom. The van der Waals surface area contributed by atoms with Crippen LogP contribution in [0.3, 0.4) is 0 Å². The molecule has 1 aliphatic rings. The summed E-state index contributed by atoms with van der Waals surface area (Å²) in [6.07, 6.45) is 0. The Balaban J connectivity index is 1.70. The Kier molecular flexibility index (Phi) is 4.50. The number of aromatic nitrogens is 2. The molecule has 2 heterocycles. The lowest BCUT2D eigenvalue weighted by Crippen LogP contribution is -2.15. The number of fused-ring (bicyclic) bond motifs is 2. The summed E-state index contributed by atoms with van der Waals surface area (Å²) in [6, 6.07) is 12.8. The van der Waals surface area contributed by atoms with Gasteiger partial charge in [0.25, 0.3) is 0 Å². The Morgan fingerprint density at radius 2 is 1.85 bits per heavy atom. The van der Waals surface area contributed by atoms with Crippen molar-refractivity contribution in [3.63, 3.8) is 0 Å². The van der Waals surface area contributed by atoms with Crippen molar-refractivity contribution in [2.75, 3.05) is 18.7 Å². The van der Waals surface area contributed by atoms with Gasteiger partial charge in [-0.1, -0.05) is 26.0 Å². The van der Waals surface area contributed by atoms with Gasteiger partial charge in [0.1, 0.15) is 0 Å². The van der Waals surface area contributed by atoms with Crippen LogP contribution in [0.5, 0.6) is 11.5 Å². The molecule has 1 aliphatic heterocycles. The molecule has 138 valence electrons. The predicted octanol–water partition coefficient (Wildman–Crippen LogP) is 3.91. The minimum absolute atomic E-state index is 0.145. The average molecular weight is 365 g/mol. The molecule has 0 spiro atoms. The van der Waals surface area contributed by atoms with Gasteiger partial charge in [-0.25, -0.2) is 14.8 Å². The number of nitrogens with one attached hydrogen (secondary N) is 1. The molecule has 0 saturated heterocycles. The smallest absolute Gasteiger partial charge is 0.360 e. The first kappa shape index (κ1) is 17.1. The summed E-state index contributed by atoms with van der Waals surface area (Å²) < 4.78 is 16.1. The van der Waals surface area contributed by atoms with E-state index in [1.54, 1.807) is 12.1 Å². The van der Waals surface area contributed by atoms with Crippen molar-refractivity contribution >= 4 is 28.5 Å². The molecule has 2 aromatic carbocycles. The molecule has 0 aliphatic carbocycles. The van der Waals surface area contributed by atoms with E-state index < -0.39 is 5.97 Å². The first-order valence-electron chi connectivity index (χ1n) is 8.71. The summed E-state index contributed by atoms with van der Waals surface area (Å²) in [5.74, 6) is 1.37. The number of hydrogen-bond acceptors (Lipinski definition) is 7. The number of rotatable bonds is 5. The van der Waals surface area contributed by atoms with Crippen molar-refractivity contribution in [3.8, 4) is 11.5 Å². The second-order valence-electron chi connectivity index (χ2n) is 6.59. The monoisotopic (exact) mass is 365 g/mol. The van der Waals surface area contributed by atoms with Gasteiger partial charge in [-0.3, -0.25) is 0 Å². The highest BCUT2D eigenvalue weighted by Crippen LogP contribution is 2.35. The SMILES string of the molecule is CC(C)COC(=O)c1nc2ccccc2nc1Nc1ccc2c(c1)OCO2. The van der Waals surface area contributed by atoms with Crippen molar-refractivity contribution in [3.05, 3.63) is 48.2 Å². The maximum atomic E-state index is 12.6. The Bertz CT molecular complexity index is 1000. The molecule has 3 aromatic rings. The quantitative estimate of drug-likeness (QED) is 0.686. The van der Waals surface area contributed by atoms with E-state index in [-0.39, 0.29) is 18.4 Å². The van der Waals surface area contributed by atoms with Crippen LogP contribution in [0.4, 0.5) is 11.5 Å². The molecular weight excluding hydrogens is 346 g/mol. The summed E-state index contributed by atoms with van der Waals surface area (Å²) in [5.41, 5.74) is 2.17. The van der Waals surface area contributed by atoms with Crippen LogP contribution >= 0.6 is 0 Å². The molecule has 7 nitrogen and oxygen atoms in total. The van der Waals surface area contributed by atoms with Gasteiger partial charge in [-0.15, -0.1) is 0 Å². The highest BCUT2D eigenvalue weighted by atomic mass is 16.7. The van der Waals surface area contributed by atoms with Crippen molar-refractivity contribution in [1.29, 1.82) is 0 Å². The lowest BCUT2D eigenvalue weighted by Gasteiger charge is -2.13. The van der Waals surface area contributed by atoms with E-state index in [4.69, 9.17) is 14.2 Å². The molecule has 0 fully saturated rings. The summed E-state index contributed by atoms with van der Waals surface area (Å²) in [7, 11) is 0. The highest BCUT2D eigenvalue weighted by molar-refractivity contribution is 5.96. The number of esters is 1. The van der Waals surface area contributed by atoms with E-state index in [9.17, 15) is 4.79 Å². The Labute approximate surface area is 156 Å². The number of anilines is 2. The number of carbonyl (C=O) groups excluding carboxylic acids is 1. The minimum Gasteiger partial charge on any atom is -0.461 e. The van der Waals surface area contributed by atoms with Gasteiger partial charge >= 0.3 is 5.97 Å². The number of hydrogen-bond donors (Lipinski definition) is 1. The largest absolute Gasteiger partial charge is 0.461 e. The Hall–Kier alpha value is -3.35. The summed E-state index contributed by atoms with van der Waals surface area (Å²) in [6.45, 7) is 4.47. The normalized spacial score (nSPS) is 12.4. The molecule has 0 saturated carbocycles. The molecule has 1 N–H and O–H groups in total. The van der Waals surface area contributed by atoms with E-state index in [1.807, 2.05) is 44.2 Å². The van der Waals surface area contributed by atoms with Gasteiger partial charge in [-0.05, 0) is 30.2 Å². The number of benzene rings is 2. The van der Waals surface area contributed by atoms with Crippen LogP contribution in [0.25, 0.3) is 11.0 Å². The molecular formula is C20H19N3O4. The van der Waals surface area contributed by atoms with Gasteiger partial charge in [-0.2, -0.15) is 0 Å². The molecule has 0 atom stereocenters. The molecule has 0 radical (unpaired) electrons. The third kappa shape index (κ3) is 3.62. The van der Waals surface area contributed by atoms with Crippen LogP contribution in [0.1, 0.15) is 24.3 Å². The highest BCUT2D eigenvalue weighted by Gasteiger charge is 2.20. The zero-order chi connectivity index (χ0) is 18.8. The zero-order valence-electron chi connectivity index (χ0n) is 15.1. The molecule has 0 bridgehead atoms. The molecule has 1 aromatic heterocycles. The standard InChI is InChI=1S/C20H19N3O4/c1-12(2)10-25-20(24)18-19(23-15-6-4-3-5-14(15)22-18)21-13-7-8-16-17(9-13)27-11-26-16/h3-9,12H,10-11H2,1-2H3,(H,21,23). The molecule has 0 unspecified atom stereocenters. The summed E-state index contributed by atoms with van der Waals surface area (Å²) >= 11 is 0. The van der Waals surface area contributed by atoms with Gasteiger partial charge in [0, 0.05) is 11.8 Å². The topological polar surface area (TPSA) is 82.6 Å². The van der Waals surface area contributed by atoms with Crippen LogP contribution < -0.4 is 14.8 Å². The fraction of sp³-hybridized carbons (Fsp3) is 0.250. The predicted molar refractivity (Wildman–Crippen MR) is 101 cm³/mol. The molecule has 7 heteroatoms. The zero-order valence-corrected chi connectivity index (χ0v) is 15.1. The van der Waals surface area contributed by atoms with Gasteiger partial charge < -0.3 is 19.5 Å². The fourth-order valence-electron chi connectivity index (χ4n) is 2.65. The van der Waals surface area contributed by atoms with Crippen molar-refractivity contribution in [2.24, 2.45) is 5.92 Å². The second-order valence-corrected chi connectivity index (χ2v) is 6.59. The van der Waals surface area contributed by atoms with E-state index in [0.717, 1.165) is 0 Å². The summed E-state index contributed by atoms with van der Waals surface area (Å²) in [4.78, 5) is 21.6. The lowest BCUT2D eigenvalue weighted by molar-refractivity contribution is 0.0453. The number of ether oxygens (including phenoxy) is 3. The summed E-state index contributed by atoms with van der Waals surface area (Å²) in [5, 5.41) is 3.15. The van der Waals surface area contributed by atoms with Crippen LogP contribution in [0.2, 0.25) is 0 Å². The van der Waals surface area contributed by atoms with Gasteiger partial charge in [0.2, 0.25) is 6.79 Å². The fourth-order valence-corrected chi connectivity index (χ4v) is 2.65. The van der Waals surface area contributed by atoms with Crippen LogP contribution in [-0.2, 0) is 4.74 Å². The van der Waals surface area contributed by atoms with Gasteiger partial charge in [0.15, 0.2) is 23.0 Å². The van der Waals surface area contributed by atoms with E-state index in [0.29, 0.717) is 40.6 Å². The van der Waals surface area contributed by atoms with Crippen molar-refractivity contribution < 1.29 is 19.0 Å². The molecule has 4 rings (SSSR count). The second kappa shape index (κ2) is 7.11. The minimum atomic E-state index is -0.509. The Morgan fingerprint density at radius 3 is 2.63 bits per heavy atom. The first-order valence-corrected chi connectivity index (χ1v) is 8.71. The van der Waals surface area contributed by atoms with E-state index in [2.05, 4.69) is 15.3 Å². The van der Waals surface area contributed by atoms with E-state index >= 15 is 0 Å². The van der Waals surface area contributed by atoms with Crippen molar-refractivity contribution in [2.45, 2.75) is 13.8 Å². The number of nitrogens with zero attached hydrogens (tertiary/aromatic N) is 2. The van der Waals surface area contributed by atoms with Gasteiger partial charge in [0.05, 0.1) is 17.6 Å². The third-order valence-electron chi connectivity index (χ3n) is 3.95. The van der Waals surface area contributed by atoms with Crippen LogP contribution in [-0.4, -0.2) is 29.3 Å². The molecule has 27 heavy (non-hydrogen) atoms. The maximum absolute atomic E-state index is 12.6. The van der Waals surface area contributed by atoms with Crippen LogP contribution in [0, 0.1) is 5.92 Å². The van der Waals surface area contributed by atoms with E-state index in [1.165, 1.54) is 0 Å². The third-order valence-corrected chi connectivity index (χ3v) is 3.95. The molecule has 0 amide bonds. The van der Waals surface area contributed by atoms with Crippen molar-refractivity contribution in [1.82, 2.24) is 9.97 Å².